The third-order valence-corrected chi connectivity index (χ3v) is 2.28. The molecule has 0 atom stereocenters. The Labute approximate surface area is 90.1 Å². The maximum absolute atomic E-state index is 11.4. The molecule has 1 heterocycles. The summed E-state index contributed by atoms with van der Waals surface area (Å²) >= 11 is 3.07. The fourth-order valence-electron chi connectivity index (χ4n) is 1.08. The summed E-state index contributed by atoms with van der Waals surface area (Å²) in [6, 6.07) is 0. The lowest BCUT2D eigenvalue weighted by Gasteiger charge is -2.03. The molecule has 4 nitrogen and oxygen atoms in total. The Morgan fingerprint density at radius 2 is 2.36 bits per heavy atom. The Balaban J connectivity index is 2.82. The number of halogens is 1. The van der Waals surface area contributed by atoms with Gasteiger partial charge < -0.3 is 0 Å². The zero-order chi connectivity index (χ0) is 10.6. The number of carbonyl (C=O) groups excluding carboxylic acids is 1. The molecule has 0 saturated heterocycles. The molecule has 1 aromatic rings. The first-order valence-electron chi connectivity index (χ1n) is 4.36. The number of ketones is 1. The maximum Gasteiger partial charge on any atom is 0.268 e. The van der Waals surface area contributed by atoms with Crippen molar-refractivity contribution in [2.75, 3.05) is 0 Å². The van der Waals surface area contributed by atoms with Crippen molar-refractivity contribution in [2.45, 2.75) is 26.3 Å². The Morgan fingerprint density at radius 1 is 1.64 bits per heavy atom. The van der Waals surface area contributed by atoms with Crippen LogP contribution in [0.15, 0.2) is 21.8 Å². The van der Waals surface area contributed by atoms with Gasteiger partial charge in [-0.2, -0.15) is 0 Å². The van der Waals surface area contributed by atoms with Crippen molar-refractivity contribution in [2.24, 2.45) is 0 Å². The Morgan fingerprint density at radius 3 is 3.00 bits per heavy atom. The van der Waals surface area contributed by atoms with E-state index < -0.39 is 0 Å². The second-order valence-electron chi connectivity index (χ2n) is 2.96. The molecule has 14 heavy (non-hydrogen) atoms. The SMILES string of the molecule is CCCC(=O)Cn1cncc(Br)c1=O. The predicted molar refractivity (Wildman–Crippen MR) is 56.1 cm³/mol. The van der Waals surface area contributed by atoms with Crippen molar-refractivity contribution >= 4 is 21.7 Å². The van der Waals surface area contributed by atoms with E-state index in [0.717, 1.165) is 6.42 Å². The van der Waals surface area contributed by atoms with Crippen molar-refractivity contribution in [3.05, 3.63) is 27.4 Å². The van der Waals surface area contributed by atoms with Crippen LogP contribution in [0.4, 0.5) is 0 Å². The van der Waals surface area contributed by atoms with Gasteiger partial charge in [0.25, 0.3) is 5.56 Å². The molecule has 1 aromatic heterocycles. The highest BCUT2D eigenvalue weighted by Crippen LogP contribution is 1.99. The van der Waals surface area contributed by atoms with Gasteiger partial charge in [-0.1, -0.05) is 6.92 Å². The van der Waals surface area contributed by atoms with E-state index in [2.05, 4.69) is 20.9 Å². The molecular weight excluding hydrogens is 248 g/mol. The summed E-state index contributed by atoms with van der Waals surface area (Å²) in [4.78, 5) is 26.5. The number of Topliss-reactive ketones (excluding diaryl/α,β-unsaturated/α-hetero) is 1. The van der Waals surface area contributed by atoms with Gasteiger partial charge in [0.1, 0.15) is 4.47 Å². The average Bonchev–Trinajstić information content (AvgIpc) is 2.13. The van der Waals surface area contributed by atoms with Crippen LogP contribution in [-0.4, -0.2) is 15.3 Å². The topological polar surface area (TPSA) is 52.0 Å². The smallest absolute Gasteiger partial charge is 0.268 e. The van der Waals surface area contributed by atoms with E-state index >= 15 is 0 Å². The molecule has 0 fully saturated rings. The standard InChI is InChI=1S/C9H11BrN2O2/c1-2-3-7(13)5-12-6-11-4-8(10)9(12)14/h4,6H,2-3,5H2,1H3. The zero-order valence-corrected chi connectivity index (χ0v) is 9.45. The van der Waals surface area contributed by atoms with E-state index in [1.54, 1.807) is 0 Å². The van der Waals surface area contributed by atoms with Gasteiger partial charge in [-0.25, -0.2) is 4.98 Å². The molecule has 1 rings (SSSR count). The molecule has 0 aliphatic carbocycles. The van der Waals surface area contributed by atoms with Crippen LogP contribution in [0.25, 0.3) is 0 Å². The molecule has 0 amide bonds. The molecule has 0 aromatic carbocycles. The van der Waals surface area contributed by atoms with Gasteiger partial charge in [0.2, 0.25) is 0 Å². The minimum Gasteiger partial charge on any atom is -0.298 e. The largest absolute Gasteiger partial charge is 0.298 e. The zero-order valence-electron chi connectivity index (χ0n) is 7.86. The summed E-state index contributed by atoms with van der Waals surface area (Å²) < 4.78 is 1.69. The third kappa shape index (κ3) is 2.77. The number of carbonyl (C=O) groups is 1. The highest BCUT2D eigenvalue weighted by atomic mass is 79.9. The summed E-state index contributed by atoms with van der Waals surface area (Å²) in [5.41, 5.74) is -0.218. The number of hydrogen-bond donors (Lipinski definition) is 0. The summed E-state index contributed by atoms with van der Waals surface area (Å²) in [5.74, 6) is 0.0505. The Hall–Kier alpha value is -0.970. The quantitative estimate of drug-likeness (QED) is 0.820. The molecule has 0 radical (unpaired) electrons. The second kappa shape index (κ2) is 5.05. The normalized spacial score (nSPS) is 10.1. The fraction of sp³-hybridized carbons (Fsp3) is 0.444. The van der Waals surface area contributed by atoms with Crippen molar-refractivity contribution in [3.63, 3.8) is 0 Å². The van der Waals surface area contributed by atoms with Crippen LogP contribution in [0.1, 0.15) is 19.8 Å². The summed E-state index contributed by atoms with van der Waals surface area (Å²) in [6.45, 7) is 2.04. The molecule has 0 N–H and O–H groups in total. The molecule has 0 spiro atoms. The van der Waals surface area contributed by atoms with Crippen molar-refractivity contribution < 1.29 is 4.79 Å². The Bertz CT molecular complexity index is 387. The fourth-order valence-corrected chi connectivity index (χ4v) is 1.43. The molecular formula is C9H11BrN2O2. The first-order valence-corrected chi connectivity index (χ1v) is 5.16. The van der Waals surface area contributed by atoms with E-state index in [0.29, 0.717) is 10.9 Å². The Kier molecular flexibility index (Phi) is 4.00. The maximum atomic E-state index is 11.4. The minimum atomic E-state index is -0.218. The van der Waals surface area contributed by atoms with Crippen LogP contribution in [0.3, 0.4) is 0 Å². The number of nitrogens with zero attached hydrogens (tertiary/aromatic N) is 2. The average molecular weight is 259 g/mol. The van der Waals surface area contributed by atoms with Gasteiger partial charge >= 0.3 is 0 Å². The van der Waals surface area contributed by atoms with E-state index in [-0.39, 0.29) is 17.9 Å². The van der Waals surface area contributed by atoms with Crippen LogP contribution in [0.2, 0.25) is 0 Å². The molecule has 0 bridgehead atoms. The summed E-state index contributed by atoms with van der Waals surface area (Å²) in [6.07, 6.45) is 4.09. The lowest BCUT2D eigenvalue weighted by molar-refractivity contribution is -0.119. The van der Waals surface area contributed by atoms with Gasteiger partial charge in [-0.3, -0.25) is 14.2 Å². The molecule has 0 saturated carbocycles. The predicted octanol–water partition coefficient (Wildman–Crippen LogP) is 1.37. The minimum absolute atomic E-state index is 0.0505. The number of rotatable bonds is 4. The molecule has 0 aliphatic heterocycles. The first kappa shape index (κ1) is 11.1. The second-order valence-corrected chi connectivity index (χ2v) is 3.82. The van der Waals surface area contributed by atoms with Gasteiger partial charge in [0, 0.05) is 12.6 Å². The van der Waals surface area contributed by atoms with Crippen LogP contribution in [0.5, 0.6) is 0 Å². The van der Waals surface area contributed by atoms with Gasteiger partial charge in [-0.15, -0.1) is 0 Å². The molecule has 76 valence electrons. The van der Waals surface area contributed by atoms with E-state index in [9.17, 15) is 9.59 Å². The van der Waals surface area contributed by atoms with Gasteiger partial charge in [0.05, 0.1) is 12.9 Å². The third-order valence-electron chi connectivity index (χ3n) is 1.73. The van der Waals surface area contributed by atoms with E-state index in [1.807, 2.05) is 6.92 Å². The van der Waals surface area contributed by atoms with Crippen LogP contribution in [-0.2, 0) is 11.3 Å². The molecule has 0 unspecified atom stereocenters. The van der Waals surface area contributed by atoms with Crippen molar-refractivity contribution in [3.8, 4) is 0 Å². The van der Waals surface area contributed by atoms with Gasteiger partial charge in [-0.05, 0) is 22.4 Å². The van der Waals surface area contributed by atoms with Crippen molar-refractivity contribution in [1.82, 2.24) is 9.55 Å². The number of aromatic nitrogens is 2. The molecule has 0 aliphatic rings. The van der Waals surface area contributed by atoms with Gasteiger partial charge in [0.15, 0.2) is 5.78 Å². The summed E-state index contributed by atoms with van der Waals surface area (Å²) in [5, 5.41) is 0. The van der Waals surface area contributed by atoms with Crippen molar-refractivity contribution in [1.29, 1.82) is 0 Å². The highest BCUT2D eigenvalue weighted by Gasteiger charge is 2.05. The first-order chi connectivity index (χ1) is 6.65. The van der Waals surface area contributed by atoms with E-state index in [1.165, 1.54) is 17.1 Å². The van der Waals surface area contributed by atoms with Crippen LogP contribution < -0.4 is 5.56 Å². The molecule has 5 heteroatoms. The van der Waals surface area contributed by atoms with Crippen LogP contribution in [0, 0.1) is 0 Å². The van der Waals surface area contributed by atoms with E-state index in [4.69, 9.17) is 0 Å². The lowest BCUT2D eigenvalue weighted by atomic mass is 10.2. The monoisotopic (exact) mass is 258 g/mol. The summed E-state index contributed by atoms with van der Waals surface area (Å²) in [7, 11) is 0. The lowest BCUT2D eigenvalue weighted by Crippen LogP contribution is -2.24. The number of hydrogen-bond acceptors (Lipinski definition) is 3. The van der Waals surface area contributed by atoms with Crippen LogP contribution >= 0.6 is 15.9 Å². The highest BCUT2D eigenvalue weighted by molar-refractivity contribution is 9.10.